The van der Waals surface area contributed by atoms with Crippen LogP contribution in [0.4, 0.5) is 0 Å². The zero-order valence-electron chi connectivity index (χ0n) is 8.33. The normalized spacial score (nSPS) is 20.1. The van der Waals surface area contributed by atoms with Crippen LogP contribution in [0.25, 0.3) is 0 Å². The third-order valence-electron chi connectivity index (χ3n) is 3.08. The lowest BCUT2D eigenvalue weighted by molar-refractivity contribution is 0.163. The molecule has 2 nitrogen and oxygen atoms in total. The van der Waals surface area contributed by atoms with Crippen molar-refractivity contribution >= 4 is 11.3 Å². The number of thiophene rings is 1. The third kappa shape index (κ3) is 2.16. The average Bonchev–Trinajstić information content (AvgIpc) is 2.87. The van der Waals surface area contributed by atoms with Crippen molar-refractivity contribution in [1.82, 2.24) is 5.32 Å². The monoisotopic (exact) mass is 211 g/mol. The Kier molecular flexibility index (Phi) is 3.21. The molecule has 0 unspecified atom stereocenters. The summed E-state index contributed by atoms with van der Waals surface area (Å²) in [4.78, 5) is 1.35. The fourth-order valence-corrected chi connectivity index (χ4v) is 2.77. The highest BCUT2D eigenvalue weighted by atomic mass is 32.1. The molecule has 2 N–H and O–H groups in total. The summed E-state index contributed by atoms with van der Waals surface area (Å²) in [5.74, 6) is 0. The highest BCUT2D eigenvalue weighted by Crippen LogP contribution is 2.29. The Balaban J connectivity index is 1.89. The van der Waals surface area contributed by atoms with Crippen molar-refractivity contribution in [3.05, 3.63) is 22.4 Å². The summed E-state index contributed by atoms with van der Waals surface area (Å²) in [6, 6.07) is 4.21. The number of aliphatic hydroxyl groups is 1. The summed E-state index contributed by atoms with van der Waals surface area (Å²) in [5, 5.41) is 15.0. The van der Waals surface area contributed by atoms with Gasteiger partial charge in [-0.3, -0.25) is 0 Å². The van der Waals surface area contributed by atoms with Crippen molar-refractivity contribution in [2.45, 2.75) is 37.8 Å². The number of hydrogen-bond acceptors (Lipinski definition) is 3. The van der Waals surface area contributed by atoms with E-state index in [2.05, 4.69) is 22.8 Å². The van der Waals surface area contributed by atoms with Gasteiger partial charge in [0.15, 0.2) is 0 Å². The molecule has 1 fully saturated rings. The van der Waals surface area contributed by atoms with Gasteiger partial charge in [0, 0.05) is 17.0 Å². The van der Waals surface area contributed by atoms with E-state index < -0.39 is 0 Å². The van der Waals surface area contributed by atoms with Crippen molar-refractivity contribution in [1.29, 1.82) is 0 Å². The molecule has 0 bridgehead atoms. The third-order valence-corrected chi connectivity index (χ3v) is 3.96. The SMILES string of the molecule is OCC1(NCc2cccs2)CCCC1. The summed E-state index contributed by atoms with van der Waals surface area (Å²) in [7, 11) is 0. The number of nitrogens with one attached hydrogen (secondary N) is 1. The minimum Gasteiger partial charge on any atom is -0.394 e. The summed E-state index contributed by atoms with van der Waals surface area (Å²) in [5.41, 5.74) is 0.0178. The minimum atomic E-state index is 0.0178. The van der Waals surface area contributed by atoms with Gasteiger partial charge in [0.25, 0.3) is 0 Å². The molecule has 1 saturated carbocycles. The van der Waals surface area contributed by atoms with E-state index in [-0.39, 0.29) is 12.1 Å². The average molecular weight is 211 g/mol. The summed E-state index contributed by atoms with van der Waals surface area (Å²) in [6.45, 7) is 1.18. The molecule has 0 spiro atoms. The Labute approximate surface area is 89.0 Å². The second-order valence-electron chi connectivity index (χ2n) is 4.08. The van der Waals surface area contributed by atoms with Gasteiger partial charge in [-0.1, -0.05) is 18.9 Å². The van der Waals surface area contributed by atoms with Gasteiger partial charge in [-0.05, 0) is 24.3 Å². The number of rotatable bonds is 4. The first kappa shape index (κ1) is 10.1. The van der Waals surface area contributed by atoms with E-state index in [9.17, 15) is 5.11 Å². The molecule has 1 aliphatic rings. The molecule has 78 valence electrons. The fourth-order valence-electron chi connectivity index (χ4n) is 2.13. The van der Waals surface area contributed by atoms with E-state index in [0.717, 1.165) is 19.4 Å². The van der Waals surface area contributed by atoms with Gasteiger partial charge in [-0.25, -0.2) is 0 Å². The Morgan fingerprint density at radius 1 is 1.43 bits per heavy atom. The van der Waals surface area contributed by atoms with Crippen LogP contribution in [0.15, 0.2) is 17.5 Å². The number of hydrogen-bond donors (Lipinski definition) is 2. The predicted octanol–water partition coefficient (Wildman–Crippen LogP) is 2.14. The van der Waals surface area contributed by atoms with Gasteiger partial charge in [0.05, 0.1) is 6.61 Å². The summed E-state index contributed by atoms with van der Waals surface area (Å²) < 4.78 is 0. The van der Waals surface area contributed by atoms with Crippen molar-refractivity contribution in [2.24, 2.45) is 0 Å². The van der Waals surface area contributed by atoms with E-state index in [1.807, 2.05) is 0 Å². The van der Waals surface area contributed by atoms with Gasteiger partial charge < -0.3 is 10.4 Å². The van der Waals surface area contributed by atoms with Gasteiger partial charge in [0.1, 0.15) is 0 Å². The van der Waals surface area contributed by atoms with Crippen molar-refractivity contribution in [2.75, 3.05) is 6.61 Å². The van der Waals surface area contributed by atoms with Crippen molar-refractivity contribution < 1.29 is 5.11 Å². The van der Waals surface area contributed by atoms with E-state index in [1.165, 1.54) is 17.7 Å². The molecular formula is C11H17NOS. The number of aliphatic hydroxyl groups excluding tert-OH is 1. The second kappa shape index (κ2) is 4.43. The molecule has 1 aromatic heterocycles. The van der Waals surface area contributed by atoms with Gasteiger partial charge in [-0.15, -0.1) is 11.3 Å². The summed E-state index contributed by atoms with van der Waals surface area (Å²) >= 11 is 1.77. The minimum absolute atomic E-state index is 0.0178. The van der Waals surface area contributed by atoms with Crippen LogP contribution in [0.2, 0.25) is 0 Å². The van der Waals surface area contributed by atoms with Crippen LogP contribution in [-0.4, -0.2) is 17.3 Å². The molecule has 0 aromatic carbocycles. The molecular weight excluding hydrogens is 194 g/mol. The Morgan fingerprint density at radius 2 is 2.21 bits per heavy atom. The van der Waals surface area contributed by atoms with Crippen LogP contribution in [0, 0.1) is 0 Å². The first-order chi connectivity index (χ1) is 6.85. The standard InChI is InChI=1S/C11H17NOS/c13-9-11(5-1-2-6-11)12-8-10-4-3-7-14-10/h3-4,7,12-13H,1-2,5-6,8-9H2. The van der Waals surface area contributed by atoms with Crippen LogP contribution in [0.1, 0.15) is 30.6 Å². The molecule has 1 aromatic rings. The van der Waals surface area contributed by atoms with E-state index in [0.29, 0.717) is 0 Å². The largest absolute Gasteiger partial charge is 0.394 e. The maximum atomic E-state index is 9.39. The lowest BCUT2D eigenvalue weighted by Gasteiger charge is -2.27. The Hall–Kier alpha value is -0.380. The summed E-state index contributed by atoms with van der Waals surface area (Å²) in [6.07, 6.45) is 4.74. The molecule has 1 heterocycles. The van der Waals surface area contributed by atoms with E-state index in [1.54, 1.807) is 11.3 Å². The Bertz CT molecular complexity index is 265. The van der Waals surface area contributed by atoms with E-state index >= 15 is 0 Å². The van der Waals surface area contributed by atoms with Crippen LogP contribution >= 0.6 is 11.3 Å². The Morgan fingerprint density at radius 3 is 2.79 bits per heavy atom. The van der Waals surface area contributed by atoms with Crippen molar-refractivity contribution in [3.8, 4) is 0 Å². The highest BCUT2D eigenvalue weighted by Gasteiger charge is 2.32. The van der Waals surface area contributed by atoms with E-state index in [4.69, 9.17) is 0 Å². The van der Waals surface area contributed by atoms with Crippen LogP contribution < -0.4 is 5.32 Å². The lowest BCUT2D eigenvalue weighted by Crippen LogP contribution is -2.45. The topological polar surface area (TPSA) is 32.3 Å². The first-order valence-corrected chi connectivity index (χ1v) is 6.11. The van der Waals surface area contributed by atoms with Gasteiger partial charge >= 0.3 is 0 Å². The van der Waals surface area contributed by atoms with Crippen LogP contribution in [0.5, 0.6) is 0 Å². The predicted molar refractivity (Wildman–Crippen MR) is 59.4 cm³/mol. The highest BCUT2D eigenvalue weighted by molar-refractivity contribution is 7.09. The molecule has 0 atom stereocenters. The molecule has 0 saturated heterocycles. The molecule has 2 rings (SSSR count). The maximum Gasteiger partial charge on any atom is 0.0613 e. The lowest BCUT2D eigenvalue weighted by atomic mass is 9.99. The van der Waals surface area contributed by atoms with Crippen LogP contribution in [0.3, 0.4) is 0 Å². The van der Waals surface area contributed by atoms with Gasteiger partial charge in [-0.2, -0.15) is 0 Å². The van der Waals surface area contributed by atoms with Crippen molar-refractivity contribution in [3.63, 3.8) is 0 Å². The first-order valence-electron chi connectivity index (χ1n) is 5.23. The zero-order chi connectivity index (χ0) is 9.86. The quantitative estimate of drug-likeness (QED) is 0.799. The second-order valence-corrected chi connectivity index (χ2v) is 5.11. The van der Waals surface area contributed by atoms with Crippen LogP contribution in [-0.2, 0) is 6.54 Å². The molecule has 1 aliphatic carbocycles. The smallest absolute Gasteiger partial charge is 0.0613 e. The maximum absolute atomic E-state index is 9.39. The fraction of sp³-hybridized carbons (Fsp3) is 0.636. The molecule has 14 heavy (non-hydrogen) atoms. The molecule has 0 amide bonds. The zero-order valence-corrected chi connectivity index (χ0v) is 9.15. The van der Waals surface area contributed by atoms with Gasteiger partial charge in [0.2, 0.25) is 0 Å². The molecule has 0 aliphatic heterocycles. The molecule has 3 heteroatoms. The molecule has 0 radical (unpaired) electrons.